The van der Waals surface area contributed by atoms with Crippen molar-refractivity contribution in [1.82, 2.24) is 0 Å². The largest absolute Gasteiger partial charge is 0.422 e. The van der Waals surface area contributed by atoms with E-state index in [1.54, 1.807) is 19.1 Å². The van der Waals surface area contributed by atoms with Crippen LogP contribution in [0.1, 0.15) is 5.56 Å². The van der Waals surface area contributed by atoms with E-state index in [9.17, 15) is 23.3 Å². The Kier molecular flexibility index (Phi) is 3.69. The van der Waals surface area contributed by atoms with Crippen molar-refractivity contribution >= 4 is 26.5 Å². The number of nitro groups is 1. The average Bonchev–Trinajstić information content (AvgIpc) is 2.54. The number of nitro benzene ring substituents is 1. The molecule has 8 heteroatoms. The molecule has 3 aromatic rings. The molecule has 0 aliphatic rings. The quantitative estimate of drug-likeness (QED) is 0.410. The summed E-state index contributed by atoms with van der Waals surface area (Å²) in [6, 6.07) is 10.7. The van der Waals surface area contributed by atoms with Crippen LogP contribution in [-0.2, 0) is 9.84 Å². The summed E-state index contributed by atoms with van der Waals surface area (Å²) < 4.78 is 30.3. The number of aryl methyl sites for hydroxylation is 1. The fourth-order valence-corrected chi connectivity index (χ4v) is 3.53. The Morgan fingerprint density at radius 3 is 2.33 bits per heavy atom. The number of sulfone groups is 1. The van der Waals surface area contributed by atoms with E-state index in [1.165, 1.54) is 24.3 Å². The lowest BCUT2D eigenvalue weighted by Gasteiger charge is -2.05. The van der Waals surface area contributed by atoms with Gasteiger partial charge in [0.05, 0.1) is 9.82 Å². The first-order valence-corrected chi connectivity index (χ1v) is 8.31. The van der Waals surface area contributed by atoms with Gasteiger partial charge in [-0.05, 0) is 31.2 Å². The first kappa shape index (κ1) is 15.9. The first-order chi connectivity index (χ1) is 11.3. The van der Waals surface area contributed by atoms with E-state index in [1.807, 2.05) is 0 Å². The van der Waals surface area contributed by atoms with Gasteiger partial charge in [0.2, 0.25) is 9.84 Å². The highest BCUT2D eigenvalue weighted by atomic mass is 32.2. The van der Waals surface area contributed by atoms with E-state index >= 15 is 0 Å². The molecule has 122 valence electrons. The Hall–Kier alpha value is -3.00. The van der Waals surface area contributed by atoms with E-state index in [4.69, 9.17) is 4.42 Å². The van der Waals surface area contributed by atoms with Crippen LogP contribution >= 0.6 is 0 Å². The Labute approximate surface area is 136 Å². The van der Waals surface area contributed by atoms with Crippen molar-refractivity contribution in [3.8, 4) is 0 Å². The first-order valence-electron chi connectivity index (χ1n) is 6.83. The van der Waals surface area contributed by atoms with Crippen molar-refractivity contribution in [3.05, 3.63) is 74.6 Å². The fourth-order valence-electron chi connectivity index (χ4n) is 2.24. The van der Waals surface area contributed by atoms with Crippen LogP contribution in [0.5, 0.6) is 0 Å². The molecule has 0 spiro atoms. The molecule has 0 aliphatic carbocycles. The summed E-state index contributed by atoms with van der Waals surface area (Å²) in [6.45, 7) is 1.81. The van der Waals surface area contributed by atoms with E-state index < -0.39 is 25.3 Å². The lowest BCUT2D eigenvalue weighted by molar-refractivity contribution is -0.384. The van der Waals surface area contributed by atoms with Crippen LogP contribution in [-0.4, -0.2) is 13.3 Å². The molecular formula is C16H11NO6S. The van der Waals surface area contributed by atoms with E-state index in [-0.39, 0.29) is 21.6 Å². The lowest BCUT2D eigenvalue weighted by Crippen LogP contribution is -2.14. The van der Waals surface area contributed by atoms with Gasteiger partial charge in [-0.25, -0.2) is 13.2 Å². The van der Waals surface area contributed by atoms with Crippen molar-refractivity contribution in [1.29, 1.82) is 0 Å². The molecule has 0 atom stereocenters. The Balaban J connectivity index is 2.24. The molecule has 0 unspecified atom stereocenters. The maximum absolute atomic E-state index is 12.6. The standard InChI is InChI=1S/C16H11NO6S/c1-10-2-5-13(6-3-10)24(21,22)15-9-11-8-12(17(19)20)4-7-14(11)23-16(15)18/h2-9H,1H3. The molecule has 2 aromatic carbocycles. The highest BCUT2D eigenvalue weighted by Gasteiger charge is 2.23. The minimum Gasteiger partial charge on any atom is -0.422 e. The molecule has 0 saturated heterocycles. The van der Waals surface area contributed by atoms with Crippen molar-refractivity contribution in [2.24, 2.45) is 0 Å². The Morgan fingerprint density at radius 2 is 1.71 bits per heavy atom. The van der Waals surface area contributed by atoms with Gasteiger partial charge < -0.3 is 4.42 Å². The number of rotatable bonds is 3. The fraction of sp³-hybridized carbons (Fsp3) is 0.0625. The van der Waals surface area contributed by atoms with Crippen LogP contribution in [0.15, 0.2) is 67.5 Å². The predicted octanol–water partition coefficient (Wildman–Crippen LogP) is 2.84. The van der Waals surface area contributed by atoms with Gasteiger partial charge in [0.15, 0.2) is 4.90 Å². The number of hydrogen-bond acceptors (Lipinski definition) is 6. The number of fused-ring (bicyclic) bond motifs is 1. The molecule has 3 rings (SSSR count). The van der Waals surface area contributed by atoms with Gasteiger partial charge in [-0.1, -0.05) is 17.7 Å². The second-order valence-electron chi connectivity index (χ2n) is 5.19. The van der Waals surface area contributed by atoms with E-state index in [2.05, 4.69) is 0 Å². The molecule has 0 amide bonds. The van der Waals surface area contributed by atoms with Gasteiger partial charge in [-0.3, -0.25) is 10.1 Å². The maximum atomic E-state index is 12.6. The van der Waals surface area contributed by atoms with Gasteiger partial charge in [-0.15, -0.1) is 0 Å². The number of non-ortho nitro benzene ring substituents is 1. The topological polar surface area (TPSA) is 107 Å². The van der Waals surface area contributed by atoms with Gasteiger partial charge in [0.1, 0.15) is 5.58 Å². The molecule has 24 heavy (non-hydrogen) atoms. The van der Waals surface area contributed by atoms with Crippen LogP contribution < -0.4 is 5.63 Å². The Bertz CT molecular complexity index is 1110. The lowest BCUT2D eigenvalue weighted by atomic mass is 10.2. The Morgan fingerprint density at radius 1 is 1.04 bits per heavy atom. The molecule has 0 bridgehead atoms. The minimum atomic E-state index is -4.09. The summed E-state index contributed by atoms with van der Waals surface area (Å²) in [5.41, 5.74) is -0.296. The third-order valence-electron chi connectivity index (χ3n) is 3.52. The van der Waals surface area contributed by atoms with Crippen LogP contribution in [0.25, 0.3) is 11.0 Å². The zero-order valence-corrected chi connectivity index (χ0v) is 13.2. The summed E-state index contributed by atoms with van der Waals surface area (Å²) in [4.78, 5) is 21.7. The molecule has 0 N–H and O–H groups in total. The second kappa shape index (κ2) is 5.57. The summed E-state index contributed by atoms with van der Waals surface area (Å²) in [6.07, 6.45) is 0. The smallest absolute Gasteiger partial charge is 0.355 e. The van der Waals surface area contributed by atoms with Gasteiger partial charge in [0, 0.05) is 17.5 Å². The summed E-state index contributed by atoms with van der Waals surface area (Å²) in [5, 5.41) is 11.0. The third-order valence-corrected chi connectivity index (χ3v) is 5.27. The van der Waals surface area contributed by atoms with Crippen molar-refractivity contribution < 1.29 is 17.8 Å². The zero-order valence-electron chi connectivity index (χ0n) is 12.4. The van der Waals surface area contributed by atoms with Crippen LogP contribution in [0.3, 0.4) is 0 Å². The molecule has 1 heterocycles. The van der Waals surface area contributed by atoms with Crippen molar-refractivity contribution in [2.75, 3.05) is 0 Å². The monoisotopic (exact) mass is 345 g/mol. The minimum absolute atomic E-state index is 0.0508. The molecule has 0 saturated carbocycles. The number of hydrogen-bond donors (Lipinski definition) is 0. The summed E-state index contributed by atoms with van der Waals surface area (Å²) >= 11 is 0. The molecular weight excluding hydrogens is 334 g/mol. The second-order valence-corrected chi connectivity index (χ2v) is 7.11. The highest BCUT2D eigenvalue weighted by Crippen LogP contribution is 2.24. The third kappa shape index (κ3) is 2.67. The van der Waals surface area contributed by atoms with Gasteiger partial charge in [-0.2, -0.15) is 0 Å². The summed E-state index contributed by atoms with van der Waals surface area (Å²) in [7, 11) is -4.09. The van der Waals surface area contributed by atoms with E-state index in [0.717, 1.165) is 17.7 Å². The molecule has 7 nitrogen and oxygen atoms in total. The molecule has 0 aliphatic heterocycles. The SMILES string of the molecule is Cc1ccc(S(=O)(=O)c2cc3cc([N+](=O)[O-])ccc3oc2=O)cc1. The van der Waals surface area contributed by atoms with E-state index in [0.29, 0.717) is 0 Å². The van der Waals surface area contributed by atoms with Gasteiger partial charge >= 0.3 is 5.63 Å². The van der Waals surface area contributed by atoms with Crippen LogP contribution in [0.2, 0.25) is 0 Å². The number of nitrogens with zero attached hydrogens (tertiary/aromatic N) is 1. The van der Waals surface area contributed by atoms with Crippen LogP contribution in [0.4, 0.5) is 5.69 Å². The zero-order chi connectivity index (χ0) is 17.5. The van der Waals surface area contributed by atoms with Crippen molar-refractivity contribution in [3.63, 3.8) is 0 Å². The van der Waals surface area contributed by atoms with Crippen molar-refractivity contribution in [2.45, 2.75) is 16.7 Å². The number of benzene rings is 2. The maximum Gasteiger partial charge on any atom is 0.355 e. The van der Waals surface area contributed by atoms with Gasteiger partial charge in [0.25, 0.3) is 5.69 Å². The molecule has 0 fully saturated rings. The predicted molar refractivity (Wildman–Crippen MR) is 85.8 cm³/mol. The highest BCUT2D eigenvalue weighted by molar-refractivity contribution is 7.91. The normalized spacial score (nSPS) is 11.5. The molecule has 1 aromatic heterocycles. The summed E-state index contributed by atoms with van der Waals surface area (Å²) in [5.74, 6) is 0. The average molecular weight is 345 g/mol. The van der Waals surface area contributed by atoms with Crippen LogP contribution in [0, 0.1) is 17.0 Å². The molecule has 0 radical (unpaired) electrons.